The van der Waals surface area contributed by atoms with Gasteiger partial charge in [0.05, 0.1) is 5.39 Å². The lowest BCUT2D eigenvalue weighted by Gasteiger charge is -2.20. The number of rotatable bonds is 4. The first-order chi connectivity index (χ1) is 12.8. The molecule has 0 aliphatic heterocycles. The molecule has 0 aliphatic carbocycles. The number of nitrogens with zero attached hydrogens (tertiary/aromatic N) is 1. The van der Waals surface area contributed by atoms with Crippen molar-refractivity contribution in [3.05, 3.63) is 68.3 Å². The summed E-state index contributed by atoms with van der Waals surface area (Å²) < 4.78 is 12.2. The van der Waals surface area contributed by atoms with E-state index in [0.29, 0.717) is 21.2 Å². The van der Waals surface area contributed by atoms with Crippen LogP contribution in [0, 0.1) is 6.92 Å². The molecule has 1 unspecified atom stereocenters. The molecule has 0 aliphatic rings. The van der Waals surface area contributed by atoms with Crippen LogP contribution >= 0.6 is 28.3 Å². The van der Waals surface area contributed by atoms with E-state index in [1.165, 1.54) is 0 Å². The summed E-state index contributed by atoms with van der Waals surface area (Å²) in [6.07, 6.45) is -0.419. The van der Waals surface area contributed by atoms with Crippen LogP contribution in [0.15, 0.2) is 56.1 Å². The topological polar surface area (TPSA) is 59.8 Å². The van der Waals surface area contributed by atoms with Crippen LogP contribution in [0.5, 0.6) is 0 Å². The van der Waals surface area contributed by atoms with Gasteiger partial charge in [-0.25, -0.2) is 4.79 Å². The fourth-order valence-electron chi connectivity index (χ4n) is 2.70. The van der Waals surface area contributed by atoms with Gasteiger partial charge in [-0.1, -0.05) is 46.3 Å². The van der Waals surface area contributed by atoms with E-state index in [0.717, 1.165) is 5.56 Å². The lowest BCUT2D eigenvalue weighted by atomic mass is 10.0. The minimum atomic E-state index is -0.548. The maximum atomic E-state index is 12.9. The van der Waals surface area contributed by atoms with E-state index in [1.807, 2.05) is 44.4 Å². The zero-order chi connectivity index (χ0) is 19.7. The van der Waals surface area contributed by atoms with Crippen LogP contribution in [-0.4, -0.2) is 31.2 Å². The Balaban J connectivity index is 0.00000280. The third-order valence-electron chi connectivity index (χ3n) is 4.44. The van der Waals surface area contributed by atoms with Crippen molar-refractivity contribution in [2.24, 2.45) is 0 Å². The molecule has 5 nitrogen and oxygen atoms in total. The Kier molecular flexibility index (Phi) is 7.04. The number of esters is 1. The molecule has 0 amide bonds. The number of carbonyl (C=O) groups is 1. The Morgan fingerprint density at radius 2 is 1.82 bits per heavy atom. The number of ether oxygens (including phenoxy) is 1. The second-order valence-electron chi connectivity index (χ2n) is 6.55. The molecule has 3 aromatic rings. The normalized spacial score (nSPS) is 11.9. The molecular weight excluding hydrogens is 446 g/mol. The van der Waals surface area contributed by atoms with E-state index < -0.39 is 12.2 Å². The van der Waals surface area contributed by atoms with Crippen molar-refractivity contribution in [3.8, 4) is 11.3 Å². The van der Waals surface area contributed by atoms with Crippen LogP contribution in [0.25, 0.3) is 22.3 Å². The molecule has 0 N–H and O–H groups in total. The average Bonchev–Trinajstić information content (AvgIpc) is 2.65. The van der Waals surface area contributed by atoms with Gasteiger partial charge in [-0.15, -0.1) is 12.4 Å². The van der Waals surface area contributed by atoms with Crippen LogP contribution in [0.3, 0.4) is 0 Å². The number of hydrogen-bond donors (Lipinski definition) is 0. The standard InChI is InChI=1S/C21H20BrNO4.ClH/c1-12-18(24)16-10-15(22)11-17(21(25)26-13(2)23(3)4)20(16)27-19(12)14-8-6-5-7-9-14;/h5-11,13H,1-4H3;1H. The monoisotopic (exact) mass is 465 g/mol. The molecule has 0 radical (unpaired) electrons. The zero-order valence-electron chi connectivity index (χ0n) is 16.0. The number of benzene rings is 2. The minimum absolute atomic E-state index is 0. The van der Waals surface area contributed by atoms with Crippen LogP contribution in [0.1, 0.15) is 22.8 Å². The quantitative estimate of drug-likeness (QED) is 0.399. The summed E-state index contributed by atoms with van der Waals surface area (Å²) in [6, 6.07) is 12.6. The van der Waals surface area contributed by atoms with Crippen LogP contribution in [0.4, 0.5) is 0 Å². The highest BCUT2D eigenvalue weighted by molar-refractivity contribution is 9.10. The van der Waals surface area contributed by atoms with Crippen LogP contribution < -0.4 is 5.43 Å². The van der Waals surface area contributed by atoms with E-state index >= 15 is 0 Å². The predicted octanol–water partition coefficient (Wildman–Crippen LogP) is 5.02. The van der Waals surface area contributed by atoms with Gasteiger partial charge in [0, 0.05) is 15.6 Å². The molecule has 0 fully saturated rings. The number of fused-ring (bicyclic) bond motifs is 1. The Morgan fingerprint density at radius 3 is 2.43 bits per heavy atom. The van der Waals surface area contributed by atoms with Crippen molar-refractivity contribution >= 4 is 45.3 Å². The molecule has 0 saturated heterocycles. The van der Waals surface area contributed by atoms with Gasteiger partial charge in [-0.05, 0) is 40.1 Å². The largest absolute Gasteiger partial charge is 0.455 e. The minimum Gasteiger partial charge on any atom is -0.455 e. The second kappa shape index (κ2) is 8.90. The highest BCUT2D eigenvalue weighted by atomic mass is 79.9. The van der Waals surface area contributed by atoms with Crippen molar-refractivity contribution in [2.45, 2.75) is 20.1 Å². The lowest BCUT2D eigenvalue weighted by molar-refractivity contribution is -0.00537. The van der Waals surface area contributed by atoms with Crippen LogP contribution in [-0.2, 0) is 4.74 Å². The Labute approximate surface area is 177 Å². The van der Waals surface area contributed by atoms with Gasteiger partial charge >= 0.3 is 5.97 Å². The molecule has 0 spiro atoms. The van der Waals surface area contributed by atoms with Gasteiger partial charge in [0.2, 0.25) is 0 Å². The molecule has 1 heterocycles. The highest BCUT2D eigenvalue weighted by Gasteiger charge is 2.22. The summed E-state index contributed by atoms with van der Waals surface area (Å²) in [5.41, 5.74) is 1.53. The molecule has 3 rings (SSSR count). The molecule has 7 heteroatoms. The maximum Gasteiger partial charge on any atom is 0.343 e. The van der Waals surface area contributed by atoms with E-state index in [2.05, 4.69) is 15.9 Å². The van der Waals surface area contributed by atoms with Crippen molar-refractivity contribution in [3.63, 3.8) is 0 Å². The summed E-state index contributed by atoms with van der Waals surface area (Å²) in [4.78, 5) is 27.4. The van der Waals surface area contributed by atoms with E-state index in [4.69, 9.17) is 9.15 Å². The molecule has 28 heavy (non-hydrogen) atoms. The summed E-state index contributed by atoms with van der Waals surface area (Å²) >= 11 is 3.37. The Hall–Kier alpha value is -2.15. The third kappa shape index (κ3) is 4.29. The van der Waals surface area contributed by atoms with Crippen molar-refractivity contribution in [2.75, 3.05) is 14.1 Å². The Morgan fingerprint density at radius 1 is 1.18 bits per heavy atom. The summed E-state index contributed by atoms with van der Waals surface area (Å²) in [7, 11) is 3.63. The first kappa shape index (κ1) is 22.1. The van der Waals surface area contributed by atoms with Crippen LogP contribution in [0.2, 0.25) is 0 Å². The average molecular weight is 467 g/mol. The van der Waals surface area contributed by atoms with Gasteiger partial charge in [-0.2, -0.15) is 0 Å². The molecule has 1 aromatic heterocycles. The van der Waals surface area contributed by atoms with E-state index in [9.17, 15) is 9.59 Å². The van der Waals surface area contributed by atoms with Crippen molar-refractivity contribution in [1.29, 1.82) is 0 Å². The van der Waals surface area contributed by atoms with Gasteiger partial charge in [-0.3, -0.25) is 9.69 Å². The molecular formula is C21H21BrClNO4. The van der Waals surface area contributed by atoms with Crippen molar-refractivity contribution in [1.82, 2.24) is 4.90 Å². The Bertz CT molecular complexity index is 1060. The fourth-order valence-corrected chi connectivity index (χ4v) is 3.15. The molecule has 148 valence electrons. The number of carbonyl (C=O) groups excluding carboxylic acids is 1. The predicted molar refractivity (Wildman–Crippen MR) is 116 cm³/mol. The van der Waals surface area contributed by atoms with Gasteiger partial charge in [0.25, 0.3) is 0 Å². The SMILES string of the molecule is Cc1c(-c2ccccc2)oc2c(C(=O)OC(C)N(C)C)cc(Br)cc2c1=O.Cl. The fraction of sp³-hybridized carbons (Fsp3) is 0.238. The lowest BCUT2D eigenvalue weighted by Crippen LogP contribution is -2.30. The van der Waals surface area contributed by atoms with E-state index in [1.54, 1.807) is 30.9 Å². The van der Waals surface area contributed by atoms with Crippen molar-refractivity contribution < 1.29 is 13.9 Å². The second-order valence-corrected chi connectivity index (χ2v) is 7.47. The van der Waals surface area contributed by atoms with Gasteiger partial charge < -0.3 is 9.15 Å². The molecule has 1 atom stereocenters. The molecule has 0 saturated carbocycles. The summed E-state index contributed by atoms with van der Waals surface area (Å²) in [6.45, 7) is 3.49. The smallest absolute Gasteiger partial charge is 0.343 e. The molecule has 2 aromatic carbocycles. The molecule has 0 bridgehead atoms. The first-order valence-corrected chi connectivity index (χ1v) is 9.28. The third-order valence-corrected chi connectivity index (χ3v) is 4.90. The number of halogens is 2. The maximum absolute atomic E-state index is 12.9. The summed E-state index contributed by atoms with van der Waals surface area (Å²) in [5, 5.41) is 0.339. The zero-order valence-corrected chi connectivity index (χ0v) is 18.4. The summed E-state index contributed by atoms with van der Waals surface area (Å²) in [5.74, 6) is -0.0985. The van der Waals surface area contributed by atoms with Gasteiger partial charge in [0.15, 0.2) is 17.2 Å². The van der Waals surface area contributed by atoms with Gasteiger partial charge in [0.1, 0.15) is 11.3 Å². The van der Waals surface area contributed by atoms with E-state index in [-0.39, 0.29) is 29.0 Å². The number of hydrogen-bond acceptors (Lipinski definition) is 5. The first-order valence-electron chi connectivity index (χ1n) is 8.49. The highest BCUT2D eigenvalue weighted by Crippen LogP contribution is 2.30.